The van der Waals surface area contributed by atoms with Gasteiger partial charge in [-0.1, -0.05) is 61.0 Å². The minimum atomic E-state index is -0.697. The first-order valence-electron chi connectivity index (χ1n) is 14.9. The van der Waals surface area contributed by atoms with E-state index in [9.17, 15) is 14.0 Å². The summed E-state index contributed by atoms with van der Waals surface area (Å²) in [7, 11) is 0. The predicted octanol–water partition coefficient (Wildman–Crippen LogP) is 5.77. The lowest BCUT2D eigenvalue weighted by Gasteiger charge is -2.35. The van der Waals surface area contributed by atoms with Crippen LogP contribution in [-0.2, 0) is 9.59 Å². The fourth-order valence-electron chi connectivity index (χ4n) is 6.05. The lowest BCUT2D eigenvalue weighted by Crippen LogP contribution is -2.52. The number of anilines is 1. The number of thioether (sulfide) groups is 1. The molecule has 0 N–H and O–H groups in total. The van der Waals surface area contributed by atoms with Crippen molar-refractivity contribution < 1.29 is 18.4 Å². The first-order chi connectivity index (χ1) is 21.2. The Balaban J connectivity index is 1.57. The molecule has 10 heteroatoms. The van der Waals surface area contributed by atoms with Crippen LogP contribution in [0.25, 0.3) is 16.9 Å². The largest absolute Gasteiger partial charge is 0.339 e. The number of rotatable bonds is 6. The monoisotopic (exact) mass is 615 g/mol. The Bertz CT molecular complexity index is 1700. The maximum Gasteiger partial charge on any atom is 0.242 e. The number of nitrogens with zero attached hydrogens (tertiary/aromatic N) is 5. The molecular formula is C34H35F2N5O2S. The fraction of sp³-hybridized carbons (Fsp3) is 0.324. The van der Waals surface area contributed by atoms with Gasteiger partial charge in [-0.25, -0.2) is 13.5 Å². The Labute approximate surface area is 260 Å². The topological polar surface area (TPSA) is 61.7 Å². The van der Waals surface area contributed by atoms with Crippen molar-refractivity contribution in [2.45, 2.75) is 26.0 Å². The summed E-state index contributed by atoms with van der Waals surface area (Å²) in [4.78, 5) is 33.4. The third kappa shape index (κ3) is 5.76. The van der Waals surface area contributed by atoms with Crippen molar-refractivity contribution in [1.82, 2.24) is 19.6 Å². The number of aromatic nitrogens is 2. The third-order valence-electron chi connectivity index (χ3n) is 8.43. The van der Waals surface area contributed by atoms with Crippen molar-refractivity contribution in [3.8, 4) is 16.9 Å². The molecule has 0 aliphatic carbocycles. The van der Waals surface area contributed by atoms with E-state index in [1.807, 2.05) is 67.3 Å². The standard InChI is InChI=1S/C34H35F2N5O2S/c1-4-38-14-16-39(17-15-38)29(42)20-40-30(43)21-44-33(26-12-11-25(35)19-27(26)36)31-32(24-8-6-5-7-9-24)37-41(34(31)40)28-13-10-22(2)18-23(28)3/h5-13,18-19,33H,4,14-17,20-21H2,1-3H3. The number of fused-ring (bicyclic) bond motifs is 1. The number of hydrogen-bond acceptors (Lipinski definition) is 5. The zero-order chi connectivity index (χ0) is 31.0. The number of carbonyl (C=O) groups excluding carboxylic acids is 2. The zero-order valence-corrected chi connectivity index (χ0v) is 25.9. The van der Waals surface area contributed by atoms with E-state index in [1.165, 1.54) is 28.8 Å². The third-order valence-corrected chi connectivity index (χ3v) is 9.66. The van der Waals surface area contributed by atoms with Gasteiger partial charge >= 0.3 is 0 Å². The summed E-state index contributed by atoms with van der Waals surface area (Å²) in [5.74, 6) is -1.35. The van der Waals surface area contributed by atoms with E-state index in [4.69, 9.17) is 5.10 Å². The number of hydrogen-bond donors (Lipinski definition) is 0. The van der Waals surface area contributed by atoms with E-state index in [1.54, 1.807) is 4.68 Å². The Morgan fingerprint density at radius 2 is 1.73 bits per heavy atom. The van der Waals surface area contributed by atoms with Crippen LogP contribution < -0.4 is 4.90 Å². The van der Waals surface area contributed by atoms with Crippen molar-refractivity contribution in [3.63, 3.8) is 0 Å². The van der Waals surface area contributed by atoms with Crippen LogP contribution in [0.4, 0.5) is 14.6 Å². The molecule has 2 amide bonds. The van der Waals surface area contributed by atoms with Crippen LogP contribution in [-0.4, -0.2) is 76.4 Å². The molecule has 0 saturated carbocycles. The first kappa shape index (κ1) is 30.0. The molecule has 4 aromatic rings. The van der Waals surface area contributed by atoms with Gasteiger partial charge < -0.3 is 9.80 Å². The molecule has 0 bridgehead atoms. The zero-order valence-electron chi connectivity index (χ0n) is 25.1. The SMILES string of the molecule is CCN1CCN(C(=O)CN2C(=O)CSC(c3ccc(F)cc3F)c3c(-c4ccccc4)nn(-c4ccc(C)cc4C)c32)CC1. The maximum atomic E-state index is 15.5. The van der Waals surface area contributed by atoms with Gasteiger partial charge in [0.1, 0.15) is 24.0 Å². The Kier molecular flexibility index (Phi) is 8.55. The van der Waals surface area contributed by atoms with Gasteiger partial charge in [-0.05, 0) is 38.1 Å². The quantitative estimate of drug-likeness (QED) is 0.276. The van der Waals surface area contributed by atoms with E-state index in [0.29, 0.717) is 30.2 Å². The number of likely N-dealkylation sites (N-methyl/N-ethyl adjacent to an activating group) is 1. The number of carbonyl (C=O) groups is 2. The second-order valence-corrected chi connectivity index (χ2v) is 12.4. The Morgan fingerprint density at radius 1 is 0.977 bits per heavy atom. The van der Waals surface area contributed by atoms with Gasteiger partial charge in [0, 0.05) is 48.9 Å². The second-order valence-electron chi connectivity index (χ2n) is 11.3. The smallest absolute Gasteiger partial charge is 0.242 e. The Hall–Kier alpha value is -4.02. The molecule has 1 fully saturated rings. The lowest BCUT2D eigenvalue weighted by atomic mass is 9.99. The van der Waals surface area contributed by atoms with Gasteiger partial charge in [-0.3, -0.25) is 14.5 Å². The fourth-order valence-corrected chi connectivity index (χ4v) is 7.27. The number of halogens is 2. The average Bonchev–Trinajstić information content (AvgIpc) is 3.34. The number of aryl methyl sites for hydroxylation is 2. The predicted molar refractivity (Wildman–Crippen MR) is 170 cm³/mol. The lowest BCUT2D eigenvalue weighted by molar-refractivity contribution is -0.132. The van der Waals surface area contributed by atoms with E-state index in [2.05, 4.69) is 11.8 Å². The van der Waals surface area contributed by atoms with Crippen molar-refractivity contribution in [1.29, 1.82) is 0 Å². The van der Waals surface area contributed by atoms with Gasteiger partial charge in [0.2, 0.25) is 11.8 Å². The van der Waals surface area contributed by atoms with E-state index in [0.717, 1.165) is 48.1 Å². The number of piperazine rings is 1. The van der Waals surface area contributed by atoms with Crippen LogP contribution in [0.5, 0.6) is 0 Å². The summed E-state index contributed by atoms with van der Waals surface area (Å²) >= 11 is 1.26. The van der Waals surface area contributed by atoms with Crippen LogP contribution in [0, 0.1) is 25.5 Å². The highest BCUT2D eigenvalue weighted by atomic mass is 32.2. The highest BCUT2D eigenvalue weighted by molar-refractivity contribution is 8.00. The van der Waals surface area contributed by atoms with Gasteiger partial charge in [0.25, 0.3) is 0 Å². The molecule has 0 radical (unpaired) electrons. The summed E-state index contributed by atoms with van der Waals surface area (Å²) in [6, 6.07) is 19.1. The van der Waals surface area contributed by atoms with Gasteiger partial charge in [0.05, 0.1) is 22.4 Å². The van der Waals surface area contributed by atoms with Crippen molar-refractivity contribution >= 4 is 29.4 Å². The van der Waals surface area contributed by atoms with E-state index in [-0.39, 0.29) is 29.7 Å². The molecular weight excluding hydrogens is 580 g/mol. The average molecular weight is 616 g/mol. The molecule has 0 spiro atoms. The summed E-state index contributed by atoms with van der Waals surface area (Å²) in [6.07, 6.45) is 0. The first-order valence-corrected chi connectivity index (χ1v) is 15.9. The summed E-state index contributed by atoms with van der Waals surface area (Å²) < 4.78 is 31.3. The molecule has 228 valence electrons. The van der Waals surface area contributed by atoms with Crippen LogP contribution in [0.3, 0.4) is 0 Å². The van der Waals surface area contributed by atoms with Crippen molar-refractivity contribution in [3.05, 3.63) is 101 Å². The summed E-state index contributed by atoms with van der Waals surface area (Å²) in [6.45, 7) is 9.58. The summed E-state index contributed by atoms with van der Waals surface area (Å²) in [5.41, 5.74) is 4.99. The molecule has 6 rings (SSSR count). The summed E-state index contributed by atoms with van der Waals surface area (Å²) in [5, 5.41) is 4.41. The van der Waals surface area contributed by atoms with Crippen LogP contribution in [0.1, 0.15) is 34.4 Å². The van der Waals surface area contributed by atoms with Crippen molar-refractivity contribution in [2.75, 3.05) is 49.9 Å². The van der Waals surface area contributed by atoms with Crippen LogP contribution in [0.15, 0.2) is 66.7 Å². The molecule has 1 aromatic heterocycles. The van der Waals surface area contributed by atoms with Gasteiger partial charge in [-0.15, -0.1) is 11.8 Å². The molecule has 2 aliphatic rings. The number of benzene rings is 3. The molecule has 1 atom stereocenters. The Morgan fingerprint density at radius 3 is 2.41 bits per heavy atom. The normalized spacial score (nSPS) is 17.5. The van der Waals surface area contributed by atoms with Gasteiger partial charge in [-0.2, -0.15) is 5.10 Å². The molecule has 1 unspecified atom stereocenters. The molecule has 7 nitrogen and oxygen atoms in total. The van der Waals surface area contributed by atoms with Crippen LogP contribution in [0.2, 0.25) is 0 Å². The highest BCUT2D eigenvalue weighted by Crippen LogP contribution is 2.49. The molecule has 3 aromatic carbocycles. The molecule has 3 heterocycles. The van der Waals surface area contributed by atoms with E-state index >= 15 is 4.39 Å². The maximum absolute atomic E-state index is 15.5. The minimum absolute atomic E-state index is 0.00810. The molecule has 2 aliphatic heterocycles. The second kappa shape index (κ2) is 12.5. The highest BCUT2D eigenvalue weighted by Gasteiger charge is 2.39. The number of amides is 2. The van der Waals surface area contributed by atoms with Crippen molar-refractivity contribution in [2.24, 2.45) is 0 Å². The van der Waals surface area contributed by atoms with E-state index < -0.39 is 16.9 Å². The van der Waals surface area contributed by atoms with Crippen LogP contribution >= 0.6 is 11.8 Å². The minimum Gasteiger partial charge on any atom is -0.339 e. The molecule has 44 heavy (non-hydrogen) atoms. The molecule has 1 saturated heterocycles. The van der Waals surface area contributed by atoms with Gasteiger partial charge in [0.15, 0.2) is 0 Å².